The molecule has 0 unspecified atom stereocenters. The number of esters is 2. The second-order valence-corrected chi connectivity index (χ2v) is 7.98. The minimum atomic E-state index is -0.765. The topological polar surface area (TPSA) is 90.9 Å². The molecule has 8 heteroatoms. The van der Waals surface area contributed by atoms with Crippen LogP contribution < -0.4 is 10.1 Å². The Morgan fingerprint density at radius 1 is 0.939 bits per heavy atom. The van der Waals surface area contributed by atoms with Crippen LogP contribution >= 0.6 is 11.3 Å². The maximum absolute atomic E-state index is 12.8. The molecule has 0 spiro atoms. The summed E-state index contributed by atoms with van der Waals surface area (Å²) in [5, 5.41) is 3.23. The molecule has 1 N–H and O–H groups in total. The number of benzene rings is 2. The second kappa shape index (κ2) is 11.3. The molecule has 0 saturated heterocycles. The van der Waals surface area contributed by atoms with Gasteiger partial charge in [0.1, 0.15) is 10.8 Å². The van der Waals surface area contributed by atoms with E-state index in [-0.39, 0.29) is 19.1 Å². The van der Waals surface area contributed by atoms with Crippen LogP contribution in [0.25, 0.3) is 10.4 Å². The van der Waals surface area contributed by atoms with E-state index >= 15 is 0 Å². The predicted molar refractivity (Wildman–Crippen MR) is 127 cm³/mol. The van der Waals surface area contributed by atoms with Crippen LogP contribution in [0.4, 0.5) is 5.00 Å². The Balaban J connectivity index is 1.77. The molecule has 0 saturated carbocycles. The van der Waals surface area contributed by atoms with E-state index in [4.69, 9.17) is 14.2 Å². The first-order valence-corrected chi connectivity index (χ1v) is 11.4. The molecule has 172 valence electrons. The molecule has 0 aliphatic heterocycles. The average Bonchev–Trinajstić information content (AvgIpc) is 3.24. The third-order valence-corrected chi connectivity index (χ3v) is 5.66. The summed E-state index contributed by atoms with van der Waals surface area (Å²) in [6, 6.07) is 17.7. The van der Waals surface area contributed by atoms with Gasteiger partial charge in [-0.15, -0.1) is 11.3 Å². The molecule has 0 fully saturated rings. The smallest absolute Gasteiger partial charge is 0.347 e. The van der Waals surface area contributed by atoms with Gasteiger partial charge in [-0.1, -0.05) is 30.3 Å². The van der Waals surface area contributed by atoms with Crippen LogP contribution in [0.2, 0.25) is 0 Å². The molecule has 1 atom stereocenters. The summed E-state index contributed by atoms with van der Waals surface area (Å²) >= 11 is 1.30. The molecule has 3 aromatic rings. The molecule has 1 amide bonds. The molecule has 3 rings (SSSR count). The molecule has 33 heavy (non-hydrogen) atoms. The SMILES string of the molecule is CCOC(=O)c1cc(-c2ccccc2)sc1NC(=O)c1ccc(O[C@@H](C)C(=O)OCC)cc1. The fourth-order valence-electron chi connectivity index (χ4n) is 2.96. The molecule has 0 bridgehead atoms. The summed E-state index contributed by atoms with van der Waals surface area (Å²) < 4.78 is 15.6. The molecule has 1 heterocycles. The standard InChI is InChI=1S/C25H25NO6S/c1-4-30-24(28)16(3)32-19-13-11-18(12-14-19)22(27)26-23-20(25(29)31-5-2)15-21(33-23)17-9-7-6-8-10-17/h6-16H,4-5H2,1-3H3,(H,26,27)/t16-/m0/s1. The van der Waals surface area contributed by atoms with Gasteiger partial charge in [-0.3, -0.25) is 4.79 Å². The first-order chi connectivity index (χ1) is 15.9. The number of carbonyl (C=O) groups is 3. The average molecular weight is 468 g/mol. The number of hydrogen-bond donors (Lipinski definition) is 1. The fourth-order valence-corrected chi connectivity index (χ4v) is 4.01. The minimum Gasteiger partial charge on any atom is -0.479 e. The zero-order chi connectivity index (χ0) is 23.8. The normalized spacial score (nSPS) is 11.4. The molecule has 0 aliphatic carbocycles. The van der Waals surface area contributed by atoms with Crippen molar-refractivity contribution in [2.75, 3.05) is 18.5 Å². The van der Waals surface area contributed by atoms with Crippen molar-refractivity contribution in [2.45, 2.75) is 26.9 Å². The molecule has 0 radical (unpaired) electrons. The van der Waals surface area contributed by atoms with E-state index in [0.717, 1.165) is 10.4 Å². The molecule has 0 aliphatic rings. The van der Waals surface area contributed by atoms with E-state index in [1.807, 2.05) is 30.3 Å². The molecule has 1 aromatic heterocycles. The summed E-state index contributed by atoms with van der Waals surface area (Å²) in [7, 11) is 0. The van der Waals surface area contributed by atoms with Crippen LogP contribution in [-0.4, -0.2) is 37.2 Å². The van der Waals surface area contributed by atoms with Gasteiger partial charge >= 0.3 is 11.9 Å². The highest BCUT2D eigenvalue weighted by molar-refractivity contribution is 7.20. The van der Waals surface area contributed by atoms with Crippen LogP contribution in [0.15, 0.2) is 60.7 Å². The summed E-state index contributed by atoms with van der Waals surface area (Å²) in [5.74, 6) is -0.908. The zero-order valence-electron chi connectivity index (χ0n) is 18.6. The molecular weight excluding hydrogens is 442 g/mol. The van der Waals surface area contributed by atoms with E-state index in [1.54, 1.807) is 51.1 Å². The number of anilines is 1. The summed E-state index contributed by atoms with van der Waals surface area (Å²) in [5.41, 5.74) is 1.61. The van der Waals surface area contributed by atoms with Gasteiger partial charge in [0.05, 0.1) is 18.8 Å². The van der Waals surface area contributed by atoms with E-state index < -0.39 is 18.0 Å². The number of ether oxygens (including phenoxy) is 3. The zero-order valence-corrected chi connectivity index (χ0v) is 19.4. The molecular formula is C25H25NO6S. The lowest BCUT2D eigenvalue weighted by Gasteiger charge is -2.13. The number of rotatable bonds is 9. The van der Waals surface area contributed by atoms with Crippen LogP contribution in [0.1, 0.15) is 41.5 Å². The van der Waals surface area contributed by atoms with Gasteiger partial charge in [-0.25, -0.2) is 9.59 Å². The van der Waals surface area contributed by atoms with Crippen molar-refractivity contribution >= 4 is 34.2 Å². The summed E-state index contributed by atoms with van der Waals surface area (Å²) in [4.78, 5) is 37.9. The van der Waals surface area contributed by atoms with Crippen molar-refractivity contribution in [3.8, 4) is 16.2 Å². The lowest BCUT2D eigenvalue weighted by molar-refractivity contribution is -0.150. The Hall–Kier alpha value is -3.65. The highest BCUT2D eigenvalue weighted by atomic mass is 32.1. The largest absolute Gasteiger partial charge is 0.479 e. The predicted octanol–water partition coefficient (Wildman–Crippen LogP) is 5.17. The van der Waals surface area contributed by atoms with E-state index in [9.17, 15) is 14.4 Å². The number of carbonyl (C=O) groups excluding carboxylic acids is 3. The van der Waals surface area contributed by atoms with Gasteiger partial charge in [0.25, 0.3) is 5.91 Å². The van der Waals surface area contributed by atoms with Gasteiger partial charge in [-0.2, -0.15) is 0 Å². The van der Waals surface area contributed by atoms with Crippen molar-refractivity contribution in [1.82, 2.24) is 0 Å². The monoisotopic (exact) mass is 467 g/mol. The quantitative estimate of drug-likeness (QED) is 0.437. The van der Waals surface area contributed by atoms with Crippen molar-refractivity contribution in [3.63, 3.8) is 0 Å². The highest BCUT2D eigenvalue weighted by Crippen LogP contribution is 2.36. The fraction of sp³-hybridized carbons (Fsp3) is 0.240. The van der Waals surface area contributed by atoms with Crippen molar-refractivity contribution in [2.24, 2.45) is 0 Å². The number of hydrogen-bond acceptors (Lipinski definition) is 7. The minimum absolute atomic E-state index is 0.231. The van der Waals surface area contributed by atoms with Crippen LogP contribution in [0.3, 0.4) is 0 Å². The van der Waals surface area contributed by atoms with Gasteiger partial charge < -0.3 is 19.5 Å². The van der Waals surface area contributed by atoms with Gasteiger partial charge in [0.2, 0.25) is 0 Å². The van der Waals surface area contributed by atoms with Crippen molar-refractivity contribution in [1.29, 1.82) is 0 Å². The van der Waals surface area contributed by atoms with Gasteiger partial charge in [0, 0.05) is 10.4 Å². The first kappa shape index (κ1) is 24.0. The Morgan fingerprint density at radius 2 is 1.61 bits per heavy atom. The Kier molecular flexibility index (Phi) is 8.21. The van der Waals surface area contributed by atoms with Crippen LogP contribution in [-0.2, 0) is 14.3 Å². The number of nitrogens with one attached hydrogen (secondary N) is 1. The third-order valence-electron chi connectivity index (χ3n) is 4.56. The Bertz CT molecular complexity index is 1110. The lowest BCUT2D eigenvalue weighted by Crippen LogP contribution is -2.26. The summed E-state index contributed by atoms with van der Waals surface area (Å²) in [6.07, 6.45) is -0.765. The molecule has 2 aromatic carbocycles. The van der Waals surface area contributed by atoms with Crippen LogP contribution in [0, 0.1) is 0 Å². The van der Waals surface area contributed by atoms with Gasteiger partial charge in [-0.05, 0) is 56.7 Å². The van der Waals surface area contributed by atoms with E-state index in [2.05, 4.69) is 5.32 Å². The van der Waals surface area contributed by atoms with Gasteiger partial charge in [0.15, 0.2) is 6.10 Å². The second-order valence-electron chi connectivity index (χ2n) is 6.93. The van der Waals surface area contributed by atoms with E-state index in [0.29, 0.717) is 21.9 Å². The maximum atomic E-state index is 12.8. The van der Waals surface area contributed by atoms with Crippen LogP contribution in [0.5, 0.6) is 5.75 Å². The third kappa shape index (κ3) is 6.20. The van der Waals surface area contributed by atoms with Crippen molar-refractivity contribution < 1.29 is 28.6 Å². The van der Waals surface area contributed by atoms with E-state index in [1.165, 1.54) is 11.3 Å². The van der Waals surface area contributed by atoms with Crippen molar-refractivity contribution in [3.05, 3.63) is 71.8 Å². The molecule has 7 nitrogen and oxygen atoms in total. The lowest BCUT2D eigenvalue weighted by atomic mass is 10.1. The Labute approximate surface area is 196 Å². The Morgan fingerprint density at radius 3 is 2.24 bits per heavy atom. The number of amides is 1. The first-order valence-electron chi connectivity index (χ1n) is 10.5. The maximum Gasteiger partial charge on any atom is 0.347 e. The summed E-state index contributed by atoms with van der Waals surface area (Å²) in [6.45, 7) is 5.55. The highest BCUT2D eigenvalue weighted by Gasteiger charge is 2.21. The number of thiophene rings is 1.